The van der Waals surface area contributed by atoms with E-state index in [2.05, 4.69) is 10.6 Å². The van der Waals surface area contributed by atoms with Crippen LogP contribution >= 0.6 is 0 Å². The smallest absolute Gasteiger partial charge is 0.236 e. The standard InChI is InChI=1S/C12H23N3O2/c1-15(2)12(17)9-13-8-11(16)14-10-6-4-3-5-7-10/h10,13H,3-9H2,1-2H3,(H,14,16). The molecular weight excluding hydrogens is 218 g/mol. The third-order valence-corrected chi connectivity index (χ3v) is 3.03. The topological polar surface area (TPSA) is 61.4 Å². The summed E-state index contributed by atoms with van der Waals surface area (Å²) < 4.78 is 0. The molecule has 0 aromatic carbocycles. The van der Waals surface area contributed by atoms with Crippen molar-refractivity contribution in [2.75, 3.05) is 27.2 Å². The fraction of sp³-hybridized carbons (Fsp3) is 0.833. The van der Waals surface area contributed by atoms with Crippen molar-refractivity contribution < 1.29 is 9.59 Å². The second-order valence-corrected chi connectivity index (χ2v) is 4.79. The Labute approximate surface area is 103 Å². The maximum absolute atomic E-state index is 11.6. The average molecular weight is 241 g/mol. The number of nitrogens with zero attached hydrogens (tertiary/aromatic N) is 1. The summed E-state index contributed by atoms with van der Waals surface area (Å²) in [6.45, 7) is 0.432. The molecule has 0 unspecified atom stereocenters. The molecule has 1 saturated carbocycles. The summed E-state index contributed by atoms with van der Waals surface area (Å²) in [6.07, 6.45) is 5.86. The zero-order chi connectivity index (χ0) is 12.7. The van der Waals surface area contributed by atoms with Crippen molar-refractivity contribution in [3.63, 3.8) is 0 Å². The zero-order valence-corrected chi connectivity index (χ0v) is 10.8. The number of nitrogens with one attached hydrogen (secondary N) is 2. The maximum atomic E-state index is 11.6. The first-order valence-electron chi connectivity index (χ1n) is 6.30. The molecular formula is C12H23N3O2. The van der Waals surface area contributed by atoms with Crippen molar-refractivity contribution in [2.45, 2.75) is 38.1 Å². The van der Waals surface area contributed by atoms with Gasteiger partial charge >= 0.3 is 0 Å². The Bertz CT molecular complexity index is 260. The van der Waals surface area contributed by atoms with E-state index in [1.54, 1.807) is 14.1 Å². The highest BCUT2D eigenvalue weighted by Gasteiger charge is 2.15. The van der Waals surface area contributed by atoms with Crippen molar-refractivity contribution in [3.8, 4) is 0 Å². The van der Waals surface area contributed by atoms with Crippen molar-refractivity contribution in [1.82, 2.24) is 15.5 Å². The molecule has 5 nitrogen and oxygen atoms in total. The maximum Gasteiger partial charge on any atom is 0.236 e. The summed E-state index contributed by atoms with van der Waals surface area (Å²) >= 11 is 0. The van der Waals surface area contributed by atoms with Crippen LogP contribution in [0.3, 0.4) is 0 Å². The molecule has 0 spiro atoms. The van der Waals surface area contributed by atoms with Crippen LogP contribution in [0.25, 0.3) is 0 Å². The lowest BCUT2D eigenvalue weighted by atomic mass is 9.95. The fourth-order valence-electron chi connectivity index (χ4n) is 1.97. The first-order chi connectivity index (χ1) is 8.09. The second kappa shape index (κ2) is 7.27. The minimum atomic E-state index is -0.0181. The molecule has 1 aliphatic rings. The first-order valence-corrected chi connectivity index (χ1v) is 6.30. The molecule has 0 aliphatic heterocycles. The number of amides is 2. The summed E-state index contributed by atoms with van der Waals surface area (Å²) in [5.41, 5.74) is 0. The molecule has 0 radical (unpaired) electrons. The van der Waals surface area contributed by atoms with Gasteiger partial charge in [-0.15, -0.1) is 0 Å². The van der Waals surface area contributed by atoms with E-state index in [1.807, 2.05) is 0 Å². The Balaban J connectivity index is 2.10. The van der Waals surface area contributed by atoms with Crippen LogP contribution in [0.15, 0.2) is 0 Å². The third-order valence-electron chi connectivity index (χ3n) is 3.03. The molecule has 98 valence electrons. The highest BCUT2D eigenvalue weighted by Crippen LogP contribution is 2.16. The Hall–Kier alpha value is -1.10. The molecule has 0 saturated heterocycles. The normalized spacial score (nSPS) is 16.6. The Morgan fingerprint density at radius 2 is 1.76 bits per heavy atom. The number of rotatable bonds is 5. The van der Waals surface area contributed by atoms with E-state index < -0.39 is 0 Å². The zero-order valence-electron chi connectivity index (χ0n) is 10.8. The molecule has 0 bridgehead atoms. The van der Waals surface area contributed by atoms with Crippen molar-refractivity contribution in [3.05, 3.63) is 0 Å². The van der Waals surface area contributed by atoms with E-state index in [9.17, 15) is 9.59 Å². The van der Waals surface area contributed by atoms with Gasteiger partial charge in [-0.3, -0.25) is 14.9 Å². The average Bonchev–Trinajstić information content (AvgIpc) is 2.30. The van der Waals surface area contributed by atoms with Gasteiger partial charge in [-0.2, -0.15) is 0 Å². The van der Waals surface area contributed by atoms with Crippen LogP contribution in [0.4, 0.5) is 0 Å². The molecule has 0 atom stereocenters. The largest absolute Gasteiger partial charge is 0.352 e. The molecule has 17 heavy (non-hydrogen) atoms. The lowest BCUT2D eigenvalue weighted by Crippen LogP contribution is -2.43. The molecule has 2 amide bonds. The summed E-state index contributed by atoms with van der Waals surface area (Å²) in [4.78, 5) is 24.3. The van der Waals surface area contributed by atoms with Gasteiger partial charge in [-0.05, 0) is 12.8 Å². The van der Waals surface area contributed by atoms with Crippen LogP contribution < -0.4 is 10.6 Å². The monoisotopic (exact) mass is 241 g/mol. The predicted octanol–water partition coefficient (Wildman–Crippen LogP) is 0.113. The molecule has 1 rings (SSSR count). The first kappa shape index (κ1) is 14.0. The number of hydrogen-bond donors (Lipinski definition) is 2. The van der Waals surface area contributed by atoms with E-state index in [1.165, 1.54) is 24.2 Å². The van der Waals surface area contributed by atoms with Gasteiger partial charge in [0.2, 0.25) is 11.8 Å². The van der Waals surface area contributed by atoms with Gasteiger partial charge < -0.3 is 10.2 Å². The van der Waals surface area contributed by atoms with Crippen molar-refractivity contribution >= 4 is 11.8 Å². The van der Waals surface area contributed by atoms with Gasteiger partial charge in [0.15, 0.2) is 0 Å². The van der Waals surface area contributed by atoms with Crippen LogP contribution in [0.1, 0.15) is 32.1 Å². The van der Waals surface area contributed by atoms with Crippen molar-refractivity contribution in [2.24, 2.45) is 0 Å². The predicted molar refractivity (Wildman–Crippen MR) is 66.6 cm³/mol. The highest BCUT2D eigenvalue weighted by molar-refractivity contribution is 5.81. The number of carbonyl (C=O) groups is 2. The number of hydrogen-bond acceptors (Lipinski definition) is 3. The number of likely N-dealkylation sites (N-methyl/N-ethyl adjacent to an activating group) is 1. The highest BCUT2D eigenvalue weighted by atomic mass is 16.2. The molecule has 1 aliphatic carbocycles. The van der Waals surface area contributed by atoms with E-state index in [4.69, 9.17) is 0 Å². The lowest BCUT2D eigenvalue weighted by molar-refractivity contribution is -0.127. The van der Waals surface area contributed by atoms with Gasteiger partial charge in [-0.1, -0.05) is 19.3 Å². The van der Waals surface area contributed by atoms with Crippen LogP contribution in [-0.2, 0) is 9.59 Å². The molecule has 1 fully saturated rings. The van der Waals surface area contributed by atoms with E-state index in [-0.39, 0.29) is 24.9 Å². The third kappa shape index (κ3) is 5.68. The van der Waals surface area contributed by atoms with Gasteiger partial charge in [0.25, 0.3) is 0 Å². The van der Waals surface area contributed by atoms with Gasteiger partial charge in [-0.25, -0.2) is 0 Å². The molecule has 0 aromatic heterocycles. The summed E-state index contributed by atoms with van der Waals surface area (Å²) in [5.74, 6) is -0.0288. The minimum Gasteiger partial charge on any atom is -0.352 e. The Morgan fingerprint density at radius 3 is 2.35 bits per heavy atom. The van der Waals surface area contributed by atoms with Crippen LogP contribution in [-0.4, -0.2) is 49.9 Å². The van der Waals surface area contributed by atoms with Gasteiger partial charge in [0.1, 0.15) is 0 Å². The van der Waals surface area contributed by atoms with Crippen molar-refractivity contribution in [1.29, 1.82) is 0 Å². The van der Waals surface area contributed by atoms with E-state index in [0.717, 1.165) is 12.8 Å². The van der Waals surface area contributed by atoms with Crippen LogP contribution in [0.5, 0.6) is 0 Å². The van der Waals surface area contributed by atoms with Gasteiger partial charge in [0, 0.05) is 20.1 Å². The second-order valence-electron chi connectivity index (χ2n) is 4.79. The van der Waals surface area contributed by atoms with Crippen LogP contribution in [0, 0.1) is 0 Å². The fourth-order valence-corrected chi connectivity index (χ4v) is 1.97. The molecule has 2 N–H and O–H groups in total. The molecule has 5 heteroatoms. The quantitative estimate of drug-likeness (QED) is 0.718. The molecule has 0 aromatic rings. The summed E-state index contributed by atoms with van der Waals surface area (Å²) in [6, 6.07) is 0.336. The van der Waals surface area contributed by atoms with E-state index >= 15 is 0 Å². The lowest BCUT2D eigenvalue weighted by Gasteiger charge is -2.22. The minimum absolute atomic E-state index is 0.0107. The molecule has 0 heterocycles. The summed E-state index contributed by atoms with van der Waals surface area (Å²) in [5, 5.41) is 5.85. The van der Waals surface area contributed by atoms with Gasteiger partial charge in [0.05, 0.1) is 13.1 Å². The Kier molecular flexibility index (Phi) is 5.97. The van der Waals surface area contributed by atoms with Crippen LogP contribution in [0.2, 0.25) is 0 Å². The SMILES string of the molecule is CN(C)C(=O)CNCC(=O)NC1CCCCC1. The summed E-state index contributed by atoms with van der Waals surface area (Å²) in [7, 11) is 3.40. The number of carbonyl (C=O) groups excluding carboxylic acids is 2. The Morgan fingerprint density at radius 1 is 1.12 bits per heavy atom. The van der Waals surface area contributed by atoms with E-state index in [0.29, 0.717) is 6.04 Å².